The van der Waals surface area contributed by atoms with Crippen molar-refractivity contribution in [1.82, 2.24) is 34.6 Å². The van der Waals surface area contributed by atoms with Gasteiger partial charge < -0.3 is 10.2 Å². The molecule has 0 spiro atoms. The summed E-state index contributed by atoms with van der Waals surface area (Å²) in [6.45, 7) is 2.43. The first-order valence-electron chi connectivity index (χ1n) is 11.0. The van der Waals surface area contributed by atoms with Crippen LogP contribution in [0, 0.1) is 12.8 Å². The molecule has 1 aliphatic heterocycles. The molecule has 0 radical (unpaired) electrons. The van der Waals surface area contributed by atoms with E-state index in [1.165, 1.54) is 17.1 Å². The highest BCUT2D eigenvalue weighted by Crippen LogP contribution is 2.36. The number of nitrogens with zero attached hydrogens (tertiary/aromatic N) is 7. The molecule has 1 saturated heterocycles. The lowest BCUT2D eigenvalue weighted by molar-refractivity contribution is -0.138. The van der Waals surface area contributed by atoms with Gasteiger partial charge in [-0.1, -0.05) is 6.92 Å². The maximum atomic E-state index is 14.6. The first-order valence-corrected chi connectivity index (χ1v) is 11.0. The van der Waals surface area contributed by atoms with Crippen molar-refractivity contribution < 1.29 is 26.7 Å². The second kappa shape index (κ2) is 9.39. The lowest BCUT2D eigenvalue weighted by atomic mass is 9.88. The Bertz CT molecular complexity index is 1240. The summed E-state index contributed by atoms with van der Waals surface area (Å²) >= 11 is 0. The van der Waals surface area contributed by atoms with Crippen LogP contribution in [0.25, 0.3) is 11.4 Å². The van der Waals surface area contributed by atoms with Crippen molar-refractivity contribution in [2.45, 2.75) is 38.4 Å². The molecule has 0 aliphatic carbocycles. The fraction of sp³-hybridized carbons (Fsp3) is 0.455. The topological polar surface area (TPSA) is 102 Å². The molecule has 9 nitrogen and oxygen atoms in total. The highest BCUT2D eigenvalue weighted by molar-refractivity contribution is 5.98. The van der Waals surface area contributed by atoms with E-state index in [9.17, 15) is 26.7 Å². The van der Waals surface area contributed by atoms with Crippen molar-refractivity contribution >= 4 is 11.9 Å². The first kappa shape index (κ1) is 25.4. The number of nitrogens with one attached hydrogen (secondary N) is 1. The molecular formula is C22H23F5N8O. The van der Waals surface area contributed by atoms with E-state index in [-0.39, 0.29) is 24.0 Å². The quantitative estimate of drug-likeness (QED) is 0.524. The van der Waals surface area contributed by atoms with Crippen molar-refractivity contribution in [2.75, 3.05) is 18.4 Å². The fourth-order valence-corrected chi connectivity index (χ4v) is 4.17. The Balaban J connectivity index is 1.61. The third-order valence-electron chi connectivity index (χ3n) is 5.86. The molecule has 3 aromatic rings. The van der Waals surface area contributed by atoms with Gasteiger partial charge >= 0.3 is 6.18 Å². The molecule has 1 fully saturated rings. The number of rotatable bonds is 5. The van der Waals surface area contributed by atoms with Crippen LogP contribution in [-0.4, -0.2) is 65.6 Å². The summed E-state index contributed by atoms with van der Waals surface area (Å²) in [6.07, 6.45) is -0.749. The van der Waals surface area contributed by atoms with Crippen LogP contribution >= 0.6 is 0 Å². The van der Waals surface area contributed by atoms with E-state index >= 15 is 0 Å². The van der Waals surface area contributed by atoms with Crippen LogP contribution in [0.4, 0.5) is 27.9 Å². The number of piperidine rings is 1. The summed E-state index contributed by atoms with van der Waals surface area (Å²) in [5.41, 5.74) is -0.148. The fourth-order valence-electron chi connectivity index (χ4n) is 4.17. The second-order valence-corrected chi connectivity index (χ2v) is 8.80. The van der Waals surface area contributed by atoms with Crippen LogP contribution in [0.2, 0.25) is 0 Å². The van der Waals surface area contributed by atoms with Crippen LogP contribution in [0.5, 0.6) is 0 Å². The van der Waals surface area contributed by atoms with E-state index in [4.69, 9.17) is 0 Å². The van der Waals surface area contributed by atoms with Crippen molar-refractivity contribution in [3.05, 3.63) is 47.8 Å². The summed E-state index contributed by atoms with van der Waals surface area (Å²) in [6, 6.07) is 0.940. The Hall–Kier alpha value is -3.71. The molecule has 4 rings (SSSR count). The minimum Gasteiger partial charge on any atom is -0.352 e. The molecule has 3 aromatic heterocycles. The van der Waals surface area contributed by atoms with E-state index in [0.717, 1.165) is 4.90 Å². The molecular weight excluding hydrogens is 487 g/mol. The van der Waals surface area contributed by atoms with Crippen molar-refractivity contribution in [3.63, 3.8) is 0 Å². The summed E-state index contributed by atoms with van der Waals surface area (Å²) < 4.78 is 68.8. The van der Waals surface area contributed by atoms with E-state index in [1.54, 1.807) is 27.0 Å². The molecule has 36 heavy (non-hydrogen) atoms. The molecule has 1 amide bonds. The molecule has 2 unspecified atom stereocenters. The number of carbonyl (C=O) groups is 1. The van der Waals surface area contributed by atoms with Gasteiger partial charge in [0.05, 0.1) is 23.7 Å². The largest absolute Gasteiger partial charge is 0.419 e. The van der Waals surface area contributed by atoms with Gasteiger partial charge in [0.1, 0.15) is 0 Å². The van der Waals surface area contributed by atoms with E-state index < -0.39 is 48.5 Å². The van der Waals surface area contributed by atoms with Gasteiger partial charge in [0.15, 0.2) is 11.5 Å². The highest BCUT2D eigenvalue weighted by Gasteiger charge is 2.47. The van der Waals surface area contributed by atoms with Gasteiger partial charge in [0.25, 0.3) is 11.8 Å². The molecule has 0 saturated carbocycles. The third kappa shape index (κ3) is 5.41. The zero-order valence-electron chi connectivity index (χ0n) is 19.6. The van der Waals surface area contributed by atoms with Gasteiger partial charge in [-0.3, -0.25) is 9.48 Å². The van der Waals surface area contributed by atoms with Gasteiger partial charge in [0.2, 0.25) is 5.95 Å². The SMILES string of the molecule is Cc1ccnc(-c2cn(C)nc2C(=O)N2CC(F)(F)CC(C)C2CNc2ncc(C(F)(F)F)cn2)n1. The van der Waals surface area contributed by atoms with Crippen LogP contribution < -0.4 is 5.32 Å². The molecule has 192 valence electrons. The summed E-state index contributed by atoms with van der Waals surface area (Å²) in [5, 5.41) is 6.97. The van der Waals surface area contributed by atoms with Crippen molar-refractivity contribution in [2.24, 2.45) is 13.0 Å². The average Bonchev–Trinajstić information content (AvgIpc) is 3.18. The van der Waals surface area contributed by atoms with Gasteiger partial charge in [-0.15, -0.1) is 0 Å². The Morgan fingerprint density at radius 1 is 1.22 bits per heavy atom. The molecule has 14 heteroatoms. The van der Waals surface area contributed by atoms with Gasteiger partial charge in [-0.05, 0) is 18.9 Å². The second-order valence-electron chi connectivity index (χ2n) is 8.80. The van der Waals surface area contributed by atoms with Crippen LogP contribution in [0.1, 0.15) is 35.1 Å². The van der Waals surface area contributed by atoms with Gasteiger partial charge in [-0.25, -0.2) is 28.7 Å². The smallest absolute Gasteiger partial charge is 0.352 e. The number of aryl methyl sites for hydroxylation is 2. The highest BCUT2D eigenvalue weighted by atomic mass is 19.4. The number of carbonyl (C=O) groups excluding carboxylic acids is 1. The predicted octanol–water partition coefficient (Wildman–Crippen LogP) is 3.59. The van der Waals surface area contributed by atoms with Crippen LogP contribution in [-0.2, 0) is 13.2 Å². The Morgan fingerprint density at radius 3 is 2.56 bits per heavy atom. The molecule has 2 atom stereocenters. The first-order chi connectivity index (χ1) is 16.8. The summed E-state index contributed by atoms with van der Waals surface area (Å²) in [4.78, 5) is 30.4. The number of hydrogen-bond acceptors (Lipinski definition) is 7. The Labute approximate surface area is 202 Å². The maximum absolute atomic E-state index is 14.6. The standard InChI is InChI=1S/C22H23F5N8O/c1-12-6-21(23,24)11-35(16(12)9-31-20-29-7-14(8-30-20)22(25,26)27)19(36)17-15(10-34(3)33-17)18-28-5-4-13(2)32-18/h4-5,7-8,10,12,16H,6,9,11H2,1-3H3,(H,29,30,31). The normalized spacial score (nSPS) is 19.8. The lowest BCUT2D eigenvalue weighted by Gasteiger charge is -2.43. The van der Waals surface area contributed by atoms with E-state index in [1.807, 2.05) is 0 Å². The third-order valence-corrected chi connectivity index (χ3v) is 5.86. The number of aromatic nitrogens is 6. The molecule has 1 aliphatic rings. The number of halogens is 5. The van der Waals surface area contributed by atoms with Crippen LogP contribution in [0.3, 0.4) is 0 Å². The minimum absolute atomic E-state index is 0.0581. The number of anilines is 1. The maximum Gasteiger partial charge on any atom is 0.419 e. The lowest BCUT2D eigenvalue weighted by Crippen LogP contribution is -2.57. The molecule has 0 bridgehead atoms. The number of alkyl halides is 5. The molecule has 0 aromatic carbocycles. The van der Waals surface area contributed by atoms with E-state index in [0.29, 0.717) is 23.7 Å². The summed E-state index contributed by atoms with van der Waals surface area (Å²) in [7, 11) is 1.59. The van der Waals surface area contributed by atoms with Crippen molar-refractivity contribution in [3.8, 4) is 11.4 Å². The average molecular weight is 510 g/mol. The van der Waals surface area contributed by atoms with Crippen LogP contribution in [0.15, 0.2) is 30.9 Å². The monoisotopic (exact) mass is 510 g/mol. The zero-order valence-corrected chi connectivity index (χ0v) is 19.6. The molecule has 1 N–H and O–H groups in total. The van der Waals surface area contributed by atoms with Crippen molar-refractivity contribution in [1.29, 1.82) is 0 Å². The Morgan fingerprint density at radius 2 is 1.92 bits per heavy atom. The molecule has 4 heterocycles. The zero-order chi connectivity index (χ0) is 26.3. The number of hydrogen-bond donors (Lipinski definition) is 1. The summed E-state index contributed by atoms with van der Waals surface area (Å²) in [5.74, 6) is -4.41. The Kier molecular flexibility index (Phi) is 6.62. The number of amides is 1. The predicted molar refractivity (Wildman–Crippen MR) is 118 cm³/mol. The van der Waals surface area contributed by atoms with E-state index in [2.05, 4.69) is 30.4 Å². The minimum atomic E-state index is -4.59. The van der Waals surface area contributed by atoms with Gasteiger partial charge in [0, 0.05) is 50.5 Å². The van der Waals surface area contributed by atoms with Gasteiger partial charge in [-0.2, -0.15) is 18.3 Å². The number of likely N-dealkylation sites (tertiary alicyclic amines) is 1.